The summed E-state index contributed by atoms with van der Waals surface area (Å²) in [6.45, 7) is 5.34. The van der Waals surface area contributed by atoms with Crippen molar-refractivity contribution in [3.05, 3.63) is 18.1 Å². The fourth-order valence-corrected chi connectivity index (χ4v) is 2.82. The quantitative estimate of drug-likeness (QED) is 0.901. The van der Waals surface area contributed by atoms with Crippen LogP contribution in [0.3, 0.4) is 0 Å². The van der Waals surface area contributed by atoms with E-state index in [1.165, 1.54) is 19.3 Å². The van der Waals surface area contributed by atoms with Gasteiger partial charge in [-0.25, -0.2) is 4.98 Å². The molecule has 1 aliphatic rings. The third-order valence-electron chi connectivity index (χ3n) is 3.76. The van der Waals surface area contributed by atoms with Gasteiger partial charge < -0.3 is 5.32 Å². The molecule has 0 saturated heterocycles. The van der Waals surface area contributed by atoms with Crippen LogP contribution in [0.15, 0.2) is 12.4 Å². The van der Waals surface area contributed by atoms with E-state index in [4.69, 9.17) is 0 Å². The van der Waals surface area contributed by atoms with E-state index in [1.54, 1.807) is 10.8 Å². The molecule has 0 bridgehead atoms. The minimum atomic E-state index is 0.664. The molecule has 1 aliphatic carbocycles. The Kier molecular flexibility index (Phi) is 2.89. The molecular weight excluding hydrogens is 226 g/mol. The highest BCUT2D eigenvalue weighted by Gasteiger charge is 2.21. The standard InChI is InChI=1S/C13H19N5/c1-9-3-4-11(5-9)7-14-12-6-10(2)17-13-15-8-16-18(12)13/h6,8-9,11,14H,3-5,7H2,1-2H3. The Bertz CT molecular complexity index is 547. The van der Waals surface area contributed by atoms with Gasteiger partial charge >= 0.3 is 0 Å². The van der Waals surface area contributed by atoms with Gasteiger partial charge in [0.25, 0.3) is 5.78 Å². The minimum Gasteiger partial charge on any atom is -0.370 e. The van der Waals surface area contributed by atoms with Gasteiger partial charge in [-0.05, 0) is 31.6 Å². The van der Waals surface area contributed by atoms with Crippen LogP contribution in [-0.2, 0) is 0 Å². The van der Waals surface area contributed by atoms with Gasteiger partial charge in [-0.3, -0.25) is 0 Å². The molecule has 2 atom stereocenters. The second kappa shape index (κ2) is 4.55. The molecule has 18 heavy (non-hydrogen) atoms. The molecule has 5 heteroatoms. The van der Waals surface area contributed by atoms with Gasteiger partial charge in [0.15, 0.2) is 0 Å². The van der Waals surface area contributed by atoms with Gasteiger partial charge in [0, 0.05) is 18.3 Å². The number of aromatic nitrogens is 4. The molecular formula is C13H19N5. The molecule has 96 valence electrons. The topological polar surface area (TPSA) is 55.1 Å². The van der Waals surface area contributed by atoms with Crippen LogP contribution < -0.4 is 5.32 Å². The van der Waals surface area contributed by atoms with E-state index < -0.39 is 0 Å². The van der Waals surface area contributed by atoms with Crippen molar-refractivity contribution in [2.24, 2.45) is 11.8 Å². The second-order valence-electron chi connectivity index (χ2n) is 5.42. The molecule has 0 spiro atoms. The van der Waals surface area contributed by atoms with Crippen LogP contribution in [0.2, 0.25) is 0 Å². The number of nitrogens with one attached hydrogen (secondary N) is 1. The maximum atomic E-state index is 4.34. The molecule has 0 radical (unpaired) electrons. The number of nitrogens with zero attached hydrogens (tertiary/aromatic N) is 4. The van der Waals surface area contributed by atoms with Gasteiger partial charge in [0.2, 0.25) is 0 Å². The number of hydrogen-bond acceptors (Lipinski definition) is 4. The average molecular weight is 245 g/mol. The van der Waals surface area contributed by atoms with Crippen LogP contribution in [0, 0.1) is 18.8 Å². The van der Waals surface area contributed by atoms with E-state index in [1.807, 2.05) is 13.0 Å². The van der Waals surface area contributed by atoms with E-state index in [0.717, 1.165) is 29.9 Å². The third-order valence-corrected chi connectivity index (χ3v) is 3.76. The van der Waals surface area contributed by atoms with Crippen LogP contribution in [0.1, 0.15) is 31.9 Å². The van der Waals surface area contributed by atoms with Crippen molar-refractivity contribution < 1.29 is 0 Å². The van der Waals surface area contributed by atoms with Crippen molar-refractivity contribution in [1.82, 2.24) is 19.6 Å². The number of rotatable bonds is 3. The predicted octanol–water partition coefficient (Wildman–Crippen LogP) is 2.28. The summed E-state index contributed by atoms with van der Waals surface area (Å²) in [5, 5.41) is 7.70. The first-order chi connectivity index (χ1) is 8.72. The number of fused-ring (bicyclic) bond motifs is 1. The third kappa shape index (κ3) is 2.17. The van der Waals surface area contributed by atoms with Crippen molar-refractivity contribution >= 4 is 11.6 Å². The summed E-state index contributed by atoms with van der Waals surface area (Å²) < 4.78 is 1.77. The Labute approximate surface area is 107 Å². The Morgan fingerprint density at radius 3 is 3.11 bits per heavy atom. The monoisotopic (exact) mass is 245 g/mol. The zero-order chi connectivity index (χ0) is 12.5. The number of hydrogen-bond donors (Lipinski definition) is 1. The van der Waals surface area contributed by atoms with E-state index >= 15 is 0 Å². The predicted molar refractivity (Wildman–Crippen MR) is 70.5 cm³/mol. The second-order valence-corrected chi connectivity index (χ2v) is 5.42. The summed E-state index contributed by atoms with van der Waals surface area (Å²) in [7, 11) is 0. The van der Waals surface area contributed by atoms with E-state index in [2.05, 4.69) is 27.3 Å². The first kappa shape index (κ1) is 11.4. The Morgan fingerprint density at radius 2 is 2.33 bits per heavy atom. The smallest absolute Gasteiger partial charge is 0.254 e. The summed E-state index contributed by atoms with van der Waals surface area (Å²) >= 11 is 0. The van der Waals surface area contributed by atoms with Crippen molar-refractivity contribution in [3.63, 3.8) is 0 Å². The molecule has 2 aromatic rings. The highest BCUT2D eigenvalue weighted by atomic mass is 15.3. The SMILES string of the molecule is Cc1cc(NCC2CCC(C)C2)n2ncnc2n1. The van der Waals surface area contributed by atoms with Gasteiger partial charge in [0.1, 0.15) is 12.1 Å². The number of aryl methyl sites for hydroxylation is 1. The lowest BCUT2D eigenvalue weighted by Gasteiger charge is -2.13. The maximum Gasteiger partial charge on any atom is 0.254 e. The van der Waals surface area contributed by atoms with Crippen LogP contribution in [0.25, 0.3) is 5.78 Å². The van der Waals surface area contributed by atoms with Gasteiger partial charge in [0.05, 0.1) is 0 Å². The fourth-order valence-electron chi connectivity index (χ4n) is 2.82. The van der Waals surface area contributed by atoms with Gasteiger partial charge in [-0.15, -0.1) is 0 Å². The van der Waals surface area contributed by atoms with Crippen LogP contribution >= 0.6 is 0 Å². The summed E-state index contributed by atoms with van der Waals surface area (Å²) in [5.41, 5.74) is 0.970. The van der Waals surface area contributed by atoms with Crippen LogP contribution in [0.4, 0.5) is 5.82 Å². The summed E-state index contributed by atoms with van der Waals surface area (Å²) in [6.07, 6.45) is 5.57. The first-order valence-corrected chi connectivity index (χ1v) is 6.63. The molecule has 2 unspecified atom stereocenters. The zero-order valence-corrected chi connectivity index (χ0v) is 10.9. The van der Waals surface area contributed by atoms with E-state index in [0.29, 0.717) is 5.78 Å². The Hall–Kier alpha value is -1.65. The first-order valence-electron chi connectivity index (χ1n) is 6.63. The molecule has 1 saturated carbocycles. The molecule has 0 aromatic carbocycles. The number of anilines is 1. The largest absolute Gasteiger partial charge is 0.370 e. The average Bonchev–Trinajstić information content (AvgIpc) is 2.94. The lowest BCUT2D eigenvalue weighted by molar-refractivity contribution is 0.536. The van der Waals surface area contributed by atoms with Gasteiger partial charge in [-0.2, -0.15) is 14.6 Å². The normalized spacial score (nSPS) is 23.7. The van der Waals surface area contributed by atoms with Gasteiger partial charge in [-0.1, -0.05) is 13.3 Å². The van der Waals surface area contributed by atoms with E-state index in [-0.39, 0.29) is 0 Å². The molecule has 0 amide bonds. The Balaban J connectivity index is 1.75. The summed E-state index contributed by atoms with van der Waals surface area (Å²) in [5.74, 6) is 3.32. The van der Waals surface area contributed by atoms with Crippen LogP contribution in [-0.4, -0.2) is 26.1 Å². The van der Waals surface area contributed by atoms with Crippen molar-refractivity contribution in [1.29, 1.82) is 0 Å². The zero-order valence-electron chi connectivity index (χ0n) is 10.9. The summed E-state index contributed by atoms with van der Waals surface area (Å²) in [6, 6.07) is 2.03. The van der Waals surface area contributed by atoms with Crippen LogP contribution in [0.5, 0.6) is 0 Å². The molecule has 5 nitrogen and oxygen atoms in total. The fraction of sp³-hybridized carbons (Fsp3) is 0.615. The minimum absolute atomic E-state index is 0.664. The highest BCUT2D eigenvalue weighted by Crippen LogP contribution is 2.30. The molecule has 2 heterocycles. The molecule has 0 aliphatic heterocycles. The van der Waals surface area contributed by atoms with Crippen molar-refractivity contribution in [2.45, 2.75) is 33.1 Å². The lowest BCUT2D eigenvalue weighted by atomic mass is 10.1. The Morgan fingerprint density at radius 1 is 1.44 bits per heavy atom. The van der Waals surface area contributed by atoms with E-state index in [9.17, 15) is 0 Å². The molecule has 1 N–H and O–H groups in total. The molecule has 2 aromatic heterocycles. The summed E-state index contributed by atoms with van der Waals surface area (Å²) in [4.78, 5) is 8.47. The molecule has 1 fully saturated rings. The molecule has 3 rings (SSSR count). The maximum absolute atomic E-state index is 4.34. The van der Waals surface area contributed by atoms with Crippen molar-refractivity contribution in [2.75, 3.05) is 11.9 Å². The highest BCUT2D eigenvalue weighted by molar-refractivity contribution is 5.44. The lowest BCUT2D eigenvalue weighted by Crippen LogP contribution is -2.14. The van der Waals surface area contributed by atoms with Crippen molar-refractivity contribution in [3.8, 4) is 0 Å².